The summed E-state index contributed by atoms with van der Waals surface area (Å²) >= 11 is 0. The van der Waals surface area contributed by atoms with Crippen molar-refractivity contribution >= 4 is 5.78 Å². The summed E-state index contributed by atoms with van der Waals surface area (Å²) < 4.78 is 5.01. The van der Waals surface area contributed by atoms with Gasteiger partial charge in [-0.05, 0) is 0 Å². The Morgan fingerprint density at radius 1 is 1.25 bits per heavy atom. The first kappa shape index (κ1) is 12.9. The summed E-state index contributed by atoms with van der Waals surface area (Å²) in [6.45, 7) is 5.70. The second kappa shape index (κ2) is 8.02. The summed E-state index contributed by atoms with van der Waals surface area (Å²) in [5.74, 6) is 0.209. The molecular formula is C13H19NO2. The molecule has 0 radical (unpaired) electrons. The Labute approximate surface area is 96.8 Å². The zero-order valence-corrected chi connectivity index (χ0v) is 9.74. The van der Waals surface area contributed by atoms with E-state index in [9.17, 15) is 4.79 Å². The van der Waals surface area contributed by atoms with Crippen molar-refractivity contribution in [2.45, 2.75) is 13.3 Å². The van der Waals surface area contributed by atoms with Gasteiger partial charge < -0.3 is 10.1 Å². The number of nitrogens with one attached hydrogen (secondary N) is 1. The van der Waals surface area contributed by atoms with Gasteiger partial charge in [0.1, 0.15) is 0 Å². The molecule has 1 aliphatic rings. The molecule has 1 aliphatic heterocycles. The van der Waals surface area contributed by atoms with Crippen LogP contribution in [-0.2, 0) is 4.74 Å². The van der Waals surface area contributed by atoms with Gasteiger partial charge >= 0.3 is 0 Å². The Hall–Kier alpha value is -1.19. The zero-order chi connectivity index (χ0) is 11.6. The molecule has 16 heavy (non-hydrogen) atoms. The molecule has 2 rings (SSSR count). The van der Waals surface area contributed by atoms with Gasteiger partial charge in [0.25, 0.3) is 0 Å². The normalized spacial score (nSPS) is 14.8. The highest BCUT2D eigenvalue weighted by Crippen LogP contribution is 2.01. The number of hydrogen-bond donors (Lipinski definition) is 1. The van der Waals surface area contributed by atoms with Crippen LogP contribution in [0.5, 0.6) is 0 Å². The van der Waals surface area contributed by atoms with Crippen LogP contribution in [0.3, 0.4) is 0 Å². The fourth-order valence-electron chi connectivity index (χ4n) is 1.34. The molecular weight excluding hydrogens is 202 g/mol. The van der Waals surface area contributed by atoms with E-state index in [0.29, 0.717) is 6.42 Å². The number of morpholine rings is 1. The maximum absolute atomic E-state index is 11.0. The van der Waals surface area contributed by atoms with E-state index in [1.54, 1.807) is 0 Å². The molecule has 0 aromatic heterocycles. The molecule has 88 valence electrons. The van der Waals surface area contributed by atoms with Crippen LogP contribution >= 0.6 is 0 Å². The highest BCUT2D eigenvalue weighted by atomic mass is 16.5. The first-order valence-corrected chi connectivity index (χ1v) is 5.71. The van der Waals surface area contributed by atoms with Crippen molar-refractivity contribution in [3.05, 3.63) is 35.9 Å². The number of carbonyl (C=O) groups is 1. The third kappa shape index (κ3) is 5.05. The quantitative estimate of drug-likeness (QED) is 0.775. The molecule has 3 heteroatoms. The lowest BCUT2D eigenvalue weighted by Crippen LogP contribution is -2.30. The Morgan fingerprint density at radius 3 is 2.25 bits per heavy atom. The molecule has 1 saturated heterocycles. The van der Waals surface area contributed by atoms with Crippen LogP contribution in [-0.4, -0.2) is 32.1 Å². The molecule has 0 atom stereocenters. The van der Waals surface area contributed by atoms with Crippen LogP contribution < -0.4 is 5.32 Å². The fraction of sp³-hybridized carbons (Fsp3) is 0.462. The Kier molecular flexibility index (Phi) is 6.45. The summed E-state index contributed by atoms with van der Waals surface area (Å²) in [6, 6.07) is 9.34. The molecule has 0 spiro atoms. The highest BCUT2D eigenvalue weighted by molar-refractivity contribution is 5.95. The minimum Gasteiger partial charge on any atom is -0.379 e. The van der Waals surface area contributed by atoms with E-state index >= 15 is 0 Å². The molecule has 1 aromatic rings. The van der Waals surface area contributed by atoms with E-state index in [2.05, 4.69) is 5.32 Å². The van der Waals surface area contributed by atoms with Crippen LogP contribution in [0.1, 0.15) is 23.7 Å². The number of rotatable bonds is 2. The molecule has 0 saturated carbocycles. The van der Waals surface area contributed by atoms with Crippen molar-refractivity contribution < 1.29 is 9.53 Å². The molecule has 3 nitrogen and oxygen atoms in total. The average Bonchev–Trinajstić information content (AvgIpc) is 2.41. The first-order chi connectivity index (χ1) is 7.84. The maximum atomic E-state index is 11.0. The van der Waals surface area contributed by atoms with Crippen molar-refractivity contribution in [3.63, 3.8) is 0 Å². The molecule has 0 aliphatic carbocycles. The van der Waals surface area contributed by atoms with E-state index in [1.165, 1.54) is 0 Å². The third-order valence-corrected chi connectivity index (χ3v) is 2.26. The van der Waals surface area contributed by atoms with Crippen molar-refractivity contribution in [2.75, 3.05) is 26.3 Å². The van der Waals surface area contributed by atoms with Gasteiger partial charge in [-0.1, -0.05) is 37.3 Å². The monoisotopic (exact) mass is 221 g/mol. The lowest BCUT2D eigenvalue weighted by molar-refractivity contribution is 0.0988. The summed E-state index contributed by atoms with van der Waals surface area (Å²) in [5.41, 5.74) is 0.810. The Bertz CT molecular complexity index is 283. The predicted octanol–water partition coefficient (Wildman–Crippen LogP) is 1.89. The molecule has 0 bridgehead atoms. The number of benzene rings is 1. The maximum Gasteiger partial charge on any atom is 0.162 e. The van der Waals surface area contributed by atoms with Crippen LogP contribution in [0, 0.1) is 0 Å². The van der Waals surface area contributed by atoms with Crippen LogP contribution in [0.4, 0.5) is 0 Å². The molecule has 1 fully saturated rings. The molecule has 1 heterocycles. The highest BCUT2D eigenvalue weighted by Gasteiger charge is 1.98. The van der Waals surface area contributed by atoms with E-state index in [0.717, 1.165) is 31.9 Å². The van der Waals surface area contributed by atoms with Crippen LogP contribution in [0.15, 0.2) is 30.3 Å². The largest absolute Gasteiger partial charge is 0.379 e. The second-order valence-corrected chi connectivity index (χ2v) is 3.51. The topological polar surface area (TPSA) is 38.3 Å². The molecule has 1 aromatic carbocycles. The number of ether oxygens (including phenoxy) is 1. The predicted molar refractivity (Wildman–Crippen MR) is 64.8 cm³/mol. The lowest BCUT2D eigenvalue weighted by Gasteiger charge is -2.10. The Balaban J connectivity index is 0.000000181. The summed E-state index contributed by atoms with van der Waals surface area (Å²) in [7, 11) is 0. The lowest BCUT2D eigenvalue weighted by atomic mass is 10.1. The summed E-state index contributed by atoms with van der Waals surface area (Å²) in [5, 5.41) is 3.16. The van der Waals surface area contributed by atoms with Gasteiger partial charge in [0.15, 0.2) is 5.78 Å². The minimum atomic E-state index is 0.209. The van der Waals surface area contributed by atoms with E-state index in [4.69, 9.17) is 4.74 Å². The van der Waals surface area contributed by atoms with Crippen molar-refractivity contribution in [1.29, 1.82) is 0 Å². The number of carbonyl (C=O) groups excluding carboxylic acids is 1. The summed E-state index contributed by atoms with van der Waals surface area (Å²) in [4.78, 5) is 11.0. The smallest absolute Gasteiger partial charge is 0.162 e. The average molecular weight is 221 g/mol. The third-order valence-electron chi connectivity index (χ3n) is 2.26. The van der Waals surface area contributed by atoms with Gasteiger partial charge in [0.2, 0.25) is 0 Å². The van der Waals surface area contributed by atoms with Gasteiger partial charge in [-0.2, -0.15) is 0 Å². The Morgan fingerprint density at radius 2 is 1.88 bits per heavy atom. The SMILES string of the molecule is C1COCCN1.CCC(=O)c1ccccc1. The molecule has 1 N–H and O–H groups in total. The minimum absolute atomic E-state index is 0.209. The van der Waals surface area contributed by atoms with Crippen molar-refractivity contribution in [3.8, 4) is 0 Å². The van der Waals surface area contributed by atoms with Crippen molar-refractivity contribution in [1.82, 2.24) is 5.32 Å². The first-order valence-electron chi connectivity index (χ1n) is 5.71. The van der Waals surface area contributed by atoms with Gasteiger partial charge in [-0.3, -0.25) is 4.79 Å². The van der Waals surface area contributed by atoms with Gasteiger partial charge in [0.05, 0.1) is 13.2 Å². The number of hydrogen-bond acceptors (Lipinski definition) is 3. The van der Waals surface area contributed by atoms with Crippen LogP contribution in [0.2, 0.25) is 0 Å². The van der Waals surface area contributed by atoms with Gasteiger partial charge in [-0.25, -0.2) is 0 Å². The van der Waals surface area contributed by atoms with Crippen molar-refractivity contribution in [2.24, 2.45) is 0 Å². The number of Topliss-reactive ketones (excluding diaryl/α,β-unsaturated/α-hetero) is 1. The van der Waals surface area contributed by atoms with E-state index in [-0.39, 0.29) is 5.78 Å². The van der Waals surface area contributed by atoms with Gasteiger partial charge in [-0.15, -0.1) is 0 Å². The molecule has 0 unspecified atom stereocenters. The zero-order valence-electron chi connectivity index (χ0n) is 9.74. The second-order valence-electron chi connectivity index (χ2n) is 3.51. The van der Waals surface area contributed by atoms with Gasteiger partial charge in [0, 0.05) is 25.1 Å². The fourth-order valence-corrected chi connectivity index (χ4v) is 1.34. The number of ketones is 1. The molecule has 0 amide bonds. The van der Waals surface area contributed by atoms with E-state index in [1.807, 2.05) is 37.3 Å². The standard InChI is InChI=1S/C9H10O.C4H9NO/c1-2-9(10)8-6-4-3-5-7-8;1-3-6-4-2-5-1/h3-7H,2H2,1H3;5H,1-4H2. The van der Waals surface area contributed by atoms with E-state index < -0.39 is 0 Å². The summed E-state index contributed by atoms with van der Waals surface area (Å²) in [6.07, 6.45) is 0.587. The van der Waals surface area contributed by atoms with Crippen LogP contribution in [0.25, 0.3) is 0 Å².